The number of rotatable bonds is 10. The third kappa shape index (κ3) is 7.73. The van der Waals surface area contributed by atoms with Crippen molar-refractivity contribution < 1.29 is 33.8 Å². The predicted octanol–water partition coefficient (Wildman–Crippen LogP) is 6.68. The molecule has 0 bridgehead atoms. The number of benzene rings is 4. The highest BCUT2D eigenvalue weighted by Gasteiger charge is 2.30. The highest BCUT2D eigenvalue weighted by atomic mass is 35.5. The van der Waals surface area contributed by atoms with Crippen molar-refractivity contribution >= 4 is 35.0 Å². The molecule has 4 aromatic rings. The Hall–Kier alpha value is -5.15. The number of amides is 2. The average Bonchev–Trinajstić information content (AvgIpc) is 3.55. The fraction of sp³-hybridized carbons (Fsp3) is 0.222. The average molecular weight is 641 g/mol. The number of carboxylic acids is 1. The van der Waals surface area contributed by atoms with Crippen molar-refractivity contribution in [1.82, 2.24) is 10.6 Å². The maximum Gasteiger partial charge on any atom is 0.407 e. The fourth-order valence-corrected chi connectivity index (χ4v) is 5.93. The van der Waals surface area contributed by atoms with Crippen LogP contribution < -0.4 is 10.6 Å². The standard InChI is InChI=1S/C18H16ClNO3.C18H17NO4/c19-17(21)9-10-20-18(22)23-11-16-14-7-3-1-5-12(14)13-6-2-4-8-15(13)16;20-17(21)9-10-19-18(22)23-11-16-14-7-3-1-5-12(14)13-6-2-4-8-15(13)16/h1-8,16H,9-11H2,(H,20,22);1-8,16H,9-11H2,(H,19,22)(H,20,21). The van der Waals surface area contributed by atoms with Crippen molar-refractivity contribution in [3.63, 3.8) is 0 Å². The number of nitrogens with one attached hydrogen (secondary N) is 2. The molecule has 9 nitrogen and oxygen atoms in total. The number of aliphatic carboxylic acids is 1. The van der Waals surface area contributed by atoms with Crippen LogP contribution >= 0.6 is 11.6 Å². The van der Waals surface area contributed by atoms with Gasteiger partial charge in [-0.1, -0.05) is 97.1 Å². The van der Waals surface area contributed by atoms with Gasteiger partial charge in [-0.25, -0.2) is 9.59 Å². The predicted molar refractivity (Wildman–Crippen MR) is 174 cm³/mol. The molecule has 236 valence electrons. The van der Waals surface area contributed by atoms with Crippen molar-refractivity contribution in [2.75, 3.05) is 26.3 Å². The van der Waals surface area contributed by atoms with Crippen LogP contribution in [0.25, 0.3) is 22.3 Å². The maximum atomic E-state index is 11.7. The van der Waals surface area contributed by atoms with E-state index < -0.39 is 23.4 Å². The van der Waals surface area contributed by atoms with Gasteiger partial charge in [0, 0.05) is 31.3 Å². The van der Waals surface area contributed by atoms with Crippen LogP contribution in [0.3, 0.4) is 0 Å². The number of hydrogen-bond donors (Lipinski definition) is 3. The van der Waals surface area contributed by atoms with Gasteiger partial charge in [-0.3, -0.25) is 9.59 Å². The first kappa shape index (κ1) is 32.2. The number of hydrogen-bond acceptors (Lipinski definition) is 6. The Morgan fingerprint density at radius 2 is 0.891 bits per heavy atom. The molecule has 0 heterocycles. The number of carboxylic acid groups (broad SMARTS) is 1. The van der Waals surface area contributed by atoms with Crippen molar-refractivity contribution in [1.29, 1.82) is 0 Å². The van der Waals surface area contributed by atoms with E-state index in [1.807, 2.05) is 60.7 Å². The minimum atomic E-state index is -0.955. The Morgan fingerprint density at radius 3 is 1.22 bits per heavy atom. The van der Waals surface area contributed by atoms with Gasteiger partial charge in [0.1, 0.15) is 13.2 Å². The lowest BCUT2D eigenvalue weighted by Crippen LogP contribution is -2.28. The molecule has 0 aliphatic heterocycles. The number of ether oxygens (including phenoxy) is 2. The lowest BCUT2D eigenvalue weighted by atomic mass is 9.98. The van der Waals surface area contributed by atoms with Gasteiger partial charge in [0.15, 0.2) is 0 Å². The summed E-state index contributed by atoms with van der Waals surface area (Å²) in [6.45, 7) is 0.729. The Labute approximate surface area is 271 Å². The van der Waals surface area contributed by atoms with Crippen LogP contribution in [0, 0.1) is 0 Å². The van der Waals surface area contributed by atoms with Gasteiger partial charge < -0.3 is 25.2 Å². The monoisotopic (exact) mass is 640 g/mol. The van der Waals surface area contributed by atoms with Gasteiger partial charge in [-0.15, -0.1) is 0 Å². The zero-order chi connectivity index (χ0) is 32.5. The zero-order valence-electron chi connectivity index (χ0n) is 24.9. The molecule has 2 aliphatic carbocycles. The summed E-state index contributed by atoms with van der Waals surface area (Å²) in [6, 6.07) is 32.5. The van der Waals surface area contributed by atoms with E-state index >= 15 is 0 Å². The summed E-state index contributed by atoms with van der Waals surface area (Å²) in [5.41, 5.74) is 9.33. The van der Waals surface area contributed by atoms with Crippen LogP contribution in [-0.2, 0) is 19.1 Å². The molecule has 0 aromatic heterocycles. The van der Waals surface area contributed by atoms with Gasteiger partial charge in [0.2, 0.25) is 5.24 Å². The summed E-state index contributed by atoms with van der Waals surface area (Å²) in [6.07, 6.45) is -1.16. The molecule has 2 aliphatic rings. The summed E-state index contributed by atoms with van der Waals surface area (Å²) in [5.74, 6) is -0.917. The van der Waals surface area contributed by atoms with Crippen molar-refractivity contribution in [3.8, 4) is 22.3 Å². The molecule has 0 spiro atoms. The number of carbonyl (C=O) groups is 4. The molecule has 46 heavy (non-hydrogen) atoms. The van der Waals surface area contributed by atoms with Gasteiger partial charge in [-0.2, -0.15) is 0 Å². The molecule has 2 amide bonds. The van der Waals surface area contributed by atoms with Crippen LogP contribution in [0.4, 0.5) is 9.59 Å². The zero-order valence-corrected chi connectivity index (χ0v) is 25.7. The molecule has 0 saturated heterocycles. The first-order chi connectivity index (χ1) is 22.3. The van der Waals surface area contributed by atoms with Gasteiger partial charge in [0.05, 0.1) is 6.42 Å². The van der Waals surface area contributed by atoms with Gasteiger partial charge >= 0.3 is 18.2 Å². The molecular weight excluding hydrogens is 608 g/mol. The molecule has 0 radical (unpaired) electrons. The third-order valence-electron chi connectivity index (χ3n) is 7.89. The van der Waals surface area contributed by atoms with Crippen LogP contribution in [0.2, 0.25) is 0 Å². The van der Waals surface area contributed by atoms with E-state index in [0.29, 0.717) is 0 Å². The number of halogens is 1. The lowest BCUT2D eigenvalue weighted by Gasteiger charge is -2.14. The summed E-state index contributed by atoms with van der Waals surface area (Å²) in [4.78, 5) is 44.5. The summed E-state index contributed by atoms with van der Waals surface area (Å²) >= 11 is 5.22. The van der Waals surface area contributed by atoms with Gasteiger partial charge in [-0.05, 0) is 56.1 Å². The largest absolute Gasteiger partial charge is 0.481 e. The molecule has 0 atom stereocenters. The van der Waals surface area contributed by atoms with Gasteiger partial charge in [0.25, 0.3) is 0 Å². The molecule has 0 fully saturated rings. The molecule has 10 heteroatoms. The van der Waals surface area contributed by atoms with E-state index in [-0.39, 0.29) is 51.0 Å². The van der Waals surface area contributed by atoms with E-state index in [1.54, 1.807) is 0 Å². The first-order valence-electron chi connectivity index (χ1n) is 14.9. The molecule has 6 rings (SSSR count). The Kier molecular flexibility index (Phi) is 10.7. The minimum Gasteiger partial charge on any atom is -0.481 e. The van der Waals surface area contributed by atoms with Crippen molar-refractivity contribution in [2.24, 2.45) is 0 Å². The normalized spacial score (nSPS) is 12.4. The van der Waals surface area contributed by atoms with E-state index in [9.17, 15) is 19.2 Å². The van der Waals surface area contributed by atoms with Crippen LogP contribution in [0.5, 0.6) is 0 Å². The van der Waals surface area contributed by atoms with Crippen LogP contribution in [0.1, 0.15) is 46.9 Å². The van der Waals surface area contributed by atoms with E-state index in [2.05, 4.69) is 47.0 Å². The summed E-state index contributed by atoms with van der Waals surface area (Å²) in [7, 11) is 0. The van der Waals surface area contributed by atoms with Crippen molar-refractivity contribution in [2.45, 2.75) is 24.7 Å². The number of fused-ring (bicyclic) bond motifs is 6. The molecule has 4 aromatic carbocycles. The second-order valence-corrected chi connectivity index (χ2v) is 11.2. The second-order valence-electron chi connectivity index (χ2n) is 10.8. The first-order valence-corrected chi connectivity index (χ1v) is 15.3. The van der Waals surface area contributed by atoms with E-state index in [0.717, 1.165) is 22.3 Å². The van der Waals surface area contributed by atoms with E-state index in [4.69, 9.17) is 26.2 Å². The number of carbonyl (C=O) groups excluding carboxylic acids is 3. The summed E-state index contributed by atoms with van der Waals surface area (Å²) in [5, 5.41) is 13.0. The van der Waals surface area contributed by atoms with E-state index in [1.165, 1.54) is 22.3 Å². The van der Waals surface area contributed by atoms with Crippen molar-refractivity contribution in [3.05, 3.63) is 119 Å². The maximum absolute atomic E-state index is 11.7. The smallest absolute Gasteiger partial charge is 0.407 e. The highest BCUT2D eigenvalue weighted by molar-refractivity contribution is 6.63. The Bertz CT molecular complexity index is 1520. The highest BCUT2D eigenvalue weighted by Crippen LogP contribution is 2.45. The molecule has 3 N–H and O–H groups in total. The van der Waals surface area contributed by atoms with Crippen LogP contribution in [0.15, 0.2) is 97.1 Å². The minimum absolute atomic E-state index is 0.00706. The third-order valence-corrected chi connectivity index (χ3v) is 8.08. The fourth-order valence-electron chi connectivity index (χ4n) is 5.83. The topological polar surface area (TPSA) is 131 Å². The quantitative estimate of drug-likeness (QED) is 0.165. The molecule has 0 unspecified atom stereocenters. The Morgan fingerprint density at radius 1 is 0.565 bits per heavy atom. The molecular formula is C36H33ClN2O7. The SMILES string of the molecule is O=C(Cl)CCNC(=O)OCC1c2ccccc2-c2ccccc21.O=C(O)CCNC(=O)OCC1c2ccccc2-c2ccccc21. The second kappa shape index (κ2) is 15.2. The summed E-state index contributed by atoms with van der Waals surface area (Å²) < 4.78 is 10.6. The number of alkyl carbamates (subject to hydrolysis) is 2. The Balaban J connectivity index is 0.000000181. The van der Waals surface area contributed by atoms with Crippen LogP contribution in [-0.4, -0.2) is 54.8 Å². The lowest BCUT2D eigenvalue weighted by molar-refractivity contribution is -0.136. The molecule has 0 saturated carbocycles.